The average Bonchev–Trinajstić information content (AvgIpc) is 3.06. The van der Waals surface area contributed by atoms with Gasteiger partial charge >= 0.3 is 0 Å². The Bertz CT molecular complexity index is 840. The highest BCUT2D eigenvalue weighted by atomic mass is 16.7. The molecule has 2 bridgehead atoms. The Kier molecular flexibility index (Phi) is 3.69. The van der Waals surface area contributed by atoms with Gasteiger partial charge in [0.2, 0.25) is 0 Å². The Morgan fingerprint density at radius 2 is 1.96 bits per heavy atom. The summed E-state index contributed by atoms with van der Waals surface area (Å²) in [6, 6.07) is 9.04. The minimum absolute atomic E-state index is 0.0156. The molecule has 1 aliphatic carbocycles. The largest absolute Gasteiger partial charge is 0.493 e. The van der Waals surface area contributed by atoms with Crippen molar-refractivity contribution in [3.63, 3.8) is 0 Å². The minimum Gasteiger partial charge on any atom is -0.493 e. The van der Waals surface area contributed by atoms with E-state index < -0.39 is 23.0 Å². The number of nitrogens with zero attached hydrogens (tertiary/aromatic N) is 2. The number of ether oxygens (including phenoxy) is 4. The summed E-state index contributed by atoms with van der Waals surface area (Å²) >= 11 is 0. The third-order valence-corrected chi connectivity index (χ3v) is 5.93. The van der Waals surface area contributed by atoms with E-state index in [1.54, 1.807) is 18.2 Å². The van der Waals surface area contributed by atoms with E-state index in [-0.39, 0.29) is 11.9 Å². The van der Waals surface area contributed by atoms with Crippen LogP contribution in [-0.4, -0.2) is 39.0 Å². The van der Waals surface area contributed by atoms with Crippen LogP contribution >= 0.6 is 0 Å². The van der Waals surface area contributed by atoms with Crippen molar-refractivity contribution in [1.29, 1.82) is 10.5 Å². The summed E-state index contributed by atoms with van der Waals surface area (Å²) in [5, 5.41) is 19.5. The SMILES string of the molecule is COc1ccc(C(=O)[C@H]2C(C#N)(C#N)[C@@]23CC[C@H]2CO[C@H]3O2)cc1OC. The number of carbonyl (C=O) groups is 1. The summed E-state index contributed by atoms with van der Waals surface area (Å²) in [6.07, 6.45) is 0.539. The number of nitriles is 2. The summed E-state index contributed by atoms with van der Waals surface area (Å²) in [4.78, 5) is 13.2. The van der Waals surface area contributed by atoms with E-state index in [2.05, 4.69) is 12.1 Å². The lowest BCUT2D eigenvalue weighted by atomic mass is 9.86. The molecule has 134 valence electrons. The summed E-state index contributed by atoms with van der Waals surface area (Å²) in [5.41, 5.74) is -1.97. The first-order valence-corrected chi connectivity index (χ1v) is 8.43. The number of Topliss-reactive ketones (excluding diaryl/α,β-unsaturated/α-hetero) is 1. The molecule has 1 aromatic carbocycles. The third kappa shape index (κ3) is 1.90. The van der Waals surface area contributed by atoms with Crippen molar-refractivity contribution in [2.75, 3.05) is 20.8 Å². The second-order valence-electron chi connectivity index (χ2n) is 6.90. The van der Waals surface area contributed by atoms with Crippen LogP contribution in [-0.2, 0) is 9.47 Å². The minimum atomic E-state index is -1.43. The maximum atomic E-state index is 13.2. The first kappa shape index (κ1) is 16.8. The lowest BCUT2D eigenvalue weighted by Gasteiger charge is -2.29. The van der Waals surface area contributed by atoms with Crippen molar-refractivity contribution in [2.45, 2.75) is 25.2 Å². The smallest absolute Gasteiger partial charge is 0.169 e. The highest BCUT2D eigenvalue weighted by molar-refractivity contribution is 6.03. The molecule has 2 aliphatic heterocycles. The van der Waals surface area contributed by atoms with Crippen LogP contribution in [0, 0.1) is 39.4 Å². The molecule has 0 amide bonds. The van der Waals surface area contributed by atoms with E-state index in [1.165, 1.54) is 14.2 Å². The van der Waals surface area contributed by atoms with E-state index in [9.17, 15) is 15.3 Å². The second-order valence-corrected chi connectivity index (χ2v) is 6.90. The van der Waals surface area contributed by atoms with Crippen LogP contribution in [0.5, 0.6) is 11.5 Å². The molecule has 26 heavy (non-hydrogen) atoms. The predicted octanol–water partition coefficient (Wildman–Crippen LogP) is 2.07. The van der Waals surface area contributed by atoms with Crippen LogP contribution in [0.4, 0.5) is 0 Å². The molecule has 7 nitrogen and oxygen atoms in total. The number of carbonyl (C=O) groups excluding carboxylic acids is 1. The standard InChI is InChI=1S/C19H18N2O5/c1-23-13-4-3-11(7-14(13)24-2)15(22)16-18(9-20,10-21)19(16)6-5-12-8-25-17(19)26-12/h3-4,7,12,16-17H,5-6,8H2,1-2H3/t12-,16-,17-,19-/m0/s1. The molecule has 3 aliphatic rings. The molecule has 0 aromatic heterocycles. The van der Waals surface area contributed by atoms with Crippen LogP contribution in [0.1, 0.15) is 23.2 Å². The number of hydrogen-bond acceptors (Lipinski definition) is 7. The lowest BCUT2D eigenvalue weighted by Crippen LogP contribution is -2.35. The fraction of sp³-hybridized carbons (Fsp3) is 0.526. The summed E-state index contributed by atoms with van der Waals surface area (Å²) in [5.74, 6) is -0.132. The van der Waals surface area contributed by atoms with E-state index in [0.29, 0.717) is 36.5 Å². The maximum Gasteiger partial charge on any atom is 0.169 e. The van der Waals surface area contributed by atoms with Gasteiger partial charge in [-0.1, -0.05) is 0 Å². The quantitative estimate of drug-likeness (QED) is 0.763. The van der Waals surface area contributed by atoms with E-state index in [4.69, 9.17) is 18.9 Å². The Balaban J connectivity index is 1.74. The molecule has 1 spiro atoms. The molecule has 0 unspecified atom stereocenters. The van der Waals surface area contributed by atoms with Gasteiger partial charge in [-0.05, 0) is 31.0 Å². The number of rotatable bonds is 4. The first-order valence-electron chi connectivity index (χ1n) is 8.43. The van der Waals surface area contributed by atoms with Crippen molar-refractivity contribution in [3.8, 4) is 23.6 Å². The molecule has 7 heteroatoms. The van der Waals surface area contributed by atoms with Crippen LogP contribution in [0.25, 0.3) is 0 Å². The van der Waals surface area contributed by atoms with Crippen LogP contribution in [0.2, 0.25) is 0 Å². The molecule has 1 saturated carbocycles. The predicted molar refractivity (Wildman–Crippen MR) is 87.3 cm³/mol. The van der Waals surface area contributed by atoms with Gasteiger partial charge in [-0.15, -0.1) is 0 Å². The normalized spacial score (nSPS) is 33.2. The van der Waals surface area contributed by atoms with E-state index >= 15 is 0 Å². The van der Waals surface area contributed by atoms with Crippen molar-refractivity contribution in [2.24, 2.45) is 16.7 Å². The lowest BCUT2D eigenvalue weighted by molar-refractivity contribution is -0.140. The Hall–Kier alpha value is -2.61. The van der Waals surface area contributed by atoms with Crippen molar-refractivity contribution in [1.82, 2.24) is 0 Å². The molecular weight excluding hydrogens is 336 g/mol. The first-order chi connectivity index (χ1) is 12.6. The van der Waals surface area contributed by atoms with E-state index in [0.717, 1.165) is 0 Å². The number of hydrogen-bond donors (Lipinski definition) is 0. The average molecular weight is 354 g/mol. The molecule has 1 aromatic rings. The molecule has 4 rings (SSSR count). The Labute approximate surface area is 151 Å². The van der Waals surface area contributed by atoms with Crippen LogP contribution in [0.15, 0.2) is 18.2 Å². The molecule has 0 N–H and O–H groups in total. The van der Waals surface area contributed by atoms with Crippen molar-refractivity contribution in [3.05, 3.63) is 23.8 Å². The Morgan fingerprint density at radius 3 is 2.62 bits per heavy atom. The van der Waals surface area contributed by atoms with Gasteiger partial charge in [-0.3, -0.25) is 4.79 Å². The number of methoxy groups -OCH3 is 2. The van der Waals surface area contributed by atoms with Crippen LogP contribution < -0.4 is 9.47 Å². The van der Waals surface area contributed by atoms with Gasteiger partial charge in [0, 0.05) is 5.56 Å². The number of ketones is 1. The third-order valence-electron chi connectivity index (χ3n) is 5.93. The zero-order valence-electron chi connectivity index (χ0n) is 14.5. The highest BCUT2D eigenvalue weighted by Crippen LogP contribution is 2.76. The van der Waals surface area contributed by atoms with Gasteiger partial charge < -0.3 is 18.9 Å². The van der Waals surface area contributed by atoms with Gasteiger partial charge in [0.15, 0.2) is 29.0 Å². The zero-order chi connectivity index (χ0) is 18.5. The van der Waals surface area contributed by atoms with E-state index in [1.807, 2.05) is 0 Å². The monoisotopic (exact) mass is 354 g/mol. The molecule has 2 heterocycles. The summed E-state index contributed by atoms with van der Waals surface area (Å²) in [6.45, 7) is 0.441. The van der Waals surface area contributed by atoms with Gasteiger partial charge in [-0.2, -0.15) is 10.5 Å². The fourth-order valence-electron chi connectivity index (χ4n) is 4.56. The number of benzene rings is 1. The van der Waals surface area contributed by atoms with Gasteiger partial charge in [0.05, 0.1) is 50.4 Å². The second kappa shape index (κ2) is 5.70. The van der Waals surface area contributed by atoms with Gasteiger partial charge in [-0.25, -0.2) is 0 Å². The summed E-state index contributed by atoms with van der Waals surface area (Å²) in [7, 11) is 3.00. The summed E-state index contributed by atoms with van der Waals surface area (Å²) < 4.78 is 22.0. The molecule has 0 radical (unpaired) electrons. The highest BCUT2D eigenvalue weighted by Gasteiger charge is 2.86. The van der Waals surface area contributed by atoms with Crippen molar-refractivity contribution >= 4 is 5.78 Å². The van der Waals surface area contributed by atoms with Crippen LogP contribution in [0.3, 0.4) is 0 Å². The molecular formula is C19H18N2O5. The van der Waals surface area contributed by atoms with Gasteiger partial charge in [0.1, 0.15) is 0 Å². The molecule has 3 fully saturated rings. The zero-order valence-corrected chi connectivity index (χ0v) is 14.5. The number of fused-ring (bicyclic) bond motifs is 3. The fourth-order valence-corrected chi connectivity index (χ4v) is 4.56. The van der Waals surface area contributed by atoms with Crippen molar-refractivity contribution < 1.29 is 23.7 Å². The molecule has 2 saturated heterocycles. The topological polar surface area (TPSA) is 102 Å². The maximum absolute atomic E-state index is 13.2. The molecule has 4 atom stereocenters. The van der Waals surface area contributed by atoms with Gasteiger partial charge in [0.25, 0.3) is 0 Å². The Morgan fingerprint density at radius 1 is 1.23 bits per heavy atom.